The molecule has 1 aliphatic heterocycles. The van der Waals surface area contributed by atoms with Crippen LogP contribution in [-0.4, -0.2) is 40.0 Å². The molecule has 0 aliphatic carbocycles. The largest absolute Gasteiger partial charge is 0.478 e. The van der Waals surface area contributed by atoms with E-state index in [1.807, 2.05) is 29.3 Å². The Labute approximate surface area is 145 Å². The molecule has 24 heavy (non-hydrogen) atoms. The van der Waals surface area contributed by atoms with Crippen LogP contribution in [0.25, 0.3) is 0 Å². The number of amides is 1. The van der Waals surface area contributed by atoms with Crippen LogP contribution in [0.5, 0.6) is 0 Å². The highest BCUT2D eigenvalue weighted by Gasteiger charge is 2.25. The number of carbonyl (C=O) groups excluding carboxylic acids is 1. The third-order valence-electron chi connectivity index (χ3n) is 4.40. The first-order valence-electron chi connectivity index (χ1n) is 8.05. The number of aryl methyl sites for hydroxylation is 1. The van der Waals surface area contributed by atoms with Crippen LogP contribution < -0.4 is 0 Å². The molecule has 1 aliphatic rings. The van der Waals surface area contributed by atoms with E-state index in [4.69, 9.17) is 5.11 Å². The number of hydrogen-bond acceptors (Lipinski definition) is 4. The summed E-state index contributed by atoms with van der Waals surface area (Å²) < 4.78 is 0. The molecule has 3 rings (SSSR count). The SMILES string of the molecule is Cc1nc(CC(=O)N2CCC[C@@H](c3ccc(C(=O)O)cc3)C2)cs1. The Kier molecular flexibility index (Phi) is 4.94. The summed E-state index contributed by atoms with van der Waals surface area (Å²) >= 11 is 1.56. The van der Waals surface area contributed by atoms with Gasteiger partial charge >= 0.3 is 5.97 Å². The number of likely N-dealkylation sites (tertiary alicyclic amines) is 1. The van der Waals surface area contributed by atoms with E-state index in [0.717, 1.165) is 35.7 Å². The smallest absolute Gasteiger partial charge is 0.335 e. The van der Waals surface area contributed by atoms with E-state index in [0.29, 0.717) is 18.5 Å². The fourth-order valence-electron chi connectivity index (χ4n) is 3.13. The molecule has 2 aromatic rings. The van der Waals surface area contributed by atoms with Crippen molar-refractivity contribution < 1.29 is 14.7 Å². The molecule has 0 saturated carbocycles. The normalized spacial score (nSPS) is 17.7. The maximum absolute atomic E-state index is 12.5. The Bertz CT molecular complexity index is 739. The number of thiazole rings is 1. The Morgan fingerprint density at radius 1 is 1.33 bits per heavy atom. The van der Waals surface area contributed by atoms with Crippen molar-refractivity contribution in [2.45, 2.75) is 32.1 Å². The summed E-state index contributed by atoms with van der Waals surface area (Å²) in [7, 11) is 0. The van der Waals surface area contributed by atoms with Crippen LogP contribution in [0.4, 0.5) is 0 Å². The molecule has 1 amide bonds. The van der Waals surface area contributed by atoms with Gasteiger partial charge in [-0.15, -0.1) is 11.3 Å². The number of carbonyl (C=O) groups is 2. The fraction of sp³-hybridized carbons (Fsp3) is 0.389. The summed E-state index contributed by atoms with van der Waals surface area (Å²) in [5, 5.41) is 11.9. The highest BCUT2D eigenvalue weighted by atomic mass is 32.1. The van der Waals surface area contributed by atoms with Crippen molar-refractivity contribution in [3.8, 4) is 0 Å². The van der Waals surface area contributed by atoms with Crippen molar-refractivity contribution in [1.29, 1.82) is 0 Å². The van der Waals surface area contributed by atoms with E-state index in [1.165, 1.54) is 0 Å². The molecule has 0 unspecified atom stereocenters. The number of rotatable bonds is 4. The first-order chi connectivity index (χ1) is 11.5. The lowest BCUT2D eigenvalue weighted by Crippen LogP contribution is -2.40. The minimum atomic E-state index is -0.916. The van der Waals surface area contributed by atoms with Gasteiger partial charge in [-0.2, -0.15) is 0 Å². The van der Waals surface area contributed by atoms with E-state index < -0.39 is 5.97 Å². The van der Waals surface area contributed by atoms with Crippen molar-refractivity contribution in [3.63, 3.8) is 0 Å². The predicted molar refractivity (Wildman–Crippen MR) is 92.5 cm³/mol. The average Bonchev–Trinajstić information content (AvgIpc) is 3.00. The predicted octanol–water partition coefficient (Wildman–Crippen LogP) is 3.10. The number of nitrogens with zero attached hydrogens (tertiary/aromatic N) is 2. The Balaban J connectivity index is 1.65. The molecule has 1 N–H and O–H groups in total. The van der Waals surface area contributed by atoms with Gasteiger partial charge in [-0.1, -0.05) is 12.1 Å². The third-order valence-corrected chi connectivity index (χ3v) is 5.22. The minimum Gasteiger partial charge on any atom is -0.478 e. The first kappa shape index (κ1) is 16.6. The second-order valence-corrected chi connectivity index (χ2v) is 7.20. The molecular formula is C18H20N2O3S. The van der Waals surface area contributed by atoms with Crippen LogP contribution in [0.2, 0.25) is 0 Å². The summed E-state index contributed by atoms with van der Waals surface area (Å²) in [4.78, 5) is 29.7. The molecule has 1 atom stereocenters. The van der Waals surface area contributed by atoms with Gasteiger partial charge in [-0.3, -0.25) is 4.79 Å². The molecule has 2 heterocycles. The molecular weight excluding hydrogens is 324 g/mol. The van der Waals surface area contributed by atoms with Gasteiger partial charge in [-0.05, 0) is 37.5 Å². The lowest BCUT2D eigenvalue weighted by Gasteiger charge is -2.33. The molecule has 0 radical (unpaired) electrons. The molecule has 126 valence electrons. The topological polar surface area (TPSA) is 70.5 Å². The minimum absolute atomic E-state index is 0.118. The summed E-state index contributed by atoms with van der Waals surface area (Å²) in [5.74, 6) is -0.532. The summed E-state index contributed by atoms with van der Waals surface area (Å²) in [6, 6.07) is 7.00. The Hall–Kier alpha value is -2.21. The standard InChI is InChI=1S/C18H20N2O3S/c1-12-19-16(11-24-12)9-17(21)20-8-2-3-15(10-20)13-4-6-14(7-5-13)18(22)23/h4-7,11,15H,2-3,8-10H2,1H3,(H,22,23)/t15-/m1/s1. The van der Waals surface area contributed by atoms with E-state index in [2.05, 4.69) is 4.98 Å². The van der Waals surface area contributed by atoms with Gasteiger partial charge in [0.1, 0.15) is 0 Å². The first-order valence-corrected chi connectivity index (χ1v) is 8.93. The second kappa shape index (κ2) is 7.13. The van der Waals surface area contributed by atoms with Crippen LogP contribution in [0.1, 0.15) is 45.4 Å². The maximum Gasteiger partial charge on any atom is 0.335 e. The Morgan fingerprint density at radius 2 is 2.08 bits per heavy atom. The van der Waals surface area contributed by atoms with E-state index >= 15 is 0 Å². The van der Waals surface area contributed by atoms with E-state index in [1.54, 1.807) is 23.5 Å². The average molecular weight is 344 g/mol. The third kappa shape index (κ3) is 3.82. The van der Waals surface area contributed by atoms with Gasteiger partial charge in [0.05, 0.1) is 22.7 Å². The van der Waals surface area contributed by atoms with Crippen LogP contribution in [0.15, 0.2) is 29.6 Å². The van der Waals surface area contributed by atoms with Gasteiger partial charge < -0.3 is 10.0 Å². The molecule has 0 spiro atoms. The molecule has 1 aromatic carbocycles. The van der Waals surface area contributed by atoms with Gasteiger partial charge in [0.25, 0.3) is 0 Å². The van der Waals surface area contributed by atoms with Gasteiger partial charge in [0, 0.05) is 24.4 Å². The quantitative estimate of drug-likeness (QED) is 0.925. The number of aromatic carboxylic acids is 1. The number of benzene rings is 1. The van der Waals surface area contributed by atoms with Crippen molar-refractivity contribution in [2.75, 3.05) is 13.1 Å². The van der Waals surface area contributed by atoms with Crippen LogP contribution in [0.3, 0.4) is 0 Å². The second-order valence-electron chi connectivity index (χ2n) is 6.14. The van der Waals surface area contributed by atoms with Crippen molar-refractivity contribution >= 4 is 23.2 Å². The fourth-order valence-corrected chi connectivity index (χ4v) is 3.74. The number of carboxylic acid groups (broad SMARTS) is 1. The zero-order chi connectivity index (χ0) is 17.1. The summed E-state index contributed by atoms with van der Waals surface area (Å²) in [6.07, 6.45) is 2.34. The zero-order valence-electron chi connectivity index (χ0n) is 13.6. The zero-order valence-corrected chi connectivity index (χ0v) is 14.4. The molecule has 1 fully saturated rings. The molecule has 1 saturated heterocycles. The van der Waals surface area contributed by atoms with Crippen molar-refractivity contribution in [1.82, 2.24) is 9.88 Å². The van der Waals surface area contributed by atoms with E-state index in [-0.39, 0.29) is 11.8 Å². The number of carboxylic acids is 1. The van der Waals surface area contributed by atoms with Crippen LogP contribution >= 0.6 is 11.3 Å². The lowest BCUT2D eigenvalue weighted by molar-refractivity contribution is -0.131. The van der Waals surface area contributed by atoms with Crippen LogP contribution in [-0.2, 0) is 11.2 Å². The molecule has 1 aromatic heterocycles. The van der Waals surface area contributed by atoms with E-state index in [9.17, 15) is 9.59 Å². The lowest BCUT2D eigenvalue weighted by atomic mass is 9.90. The number of aromatic nitrogens is 1. The number of hydrogen-bond donors (Lipinski definition) is 1. The maximum atomic E-state index is 12.5. The molecule has 5 nitrogen and oxygen atoms in total. The molecule has 0 bridgehead atoms. The highest BCUT2D eigenvalue weighted by Crippen LogP contribution is 2.27. The van der Waals surface area contributed by atoms with Gasteiger partial charge in [0.15, 0.2) is 0 Å². The monoisotopic (exact) mass is 344 g/mol. The summed E-state index contributed by atoms with van der Waals surface area (Å²) in [5.41, 5.74) is 2.24. The van der Waals surface area contributed by atoms with Gasteiger partial charge in [0.2, 0.25) is 5.91 Å². The summed E-state index contributed by atoms with van der Waals surface area (Å²) in [6.45, 7) is 3.41. The van der Waals surface area contributed by atoms with Gasteiger partial charge in [-0.25, -0.2) is 9.78 Å². The molecule has 6 heteroatoms. The highest BCUT2D eigenvalue weighted by molar-refractivity contribution is 7.09. The van der Waals surface area contributed by atoms with Crippen molar-refractivity contribution in [2.24, 2.45) is 0 Å². The van der Waals surface area contributed by atoms with Crippen LogP contribution in [0, 0.1) is 6.92 Å². The Morgan fingerprint density at radius 3 is 2.71 bits per heavy atom. The number of piperidine rings is 1. The van der Waals surface area contributed by atoms with Crippen molar-refractivity contribution in [3.05, 3.63) is 51.5 Å².